The number of benzene rings is 1. The monoisotopic (exact) mass is 262 g/mol. The molecule has 1 fully saturated rings. The Morgan fingerprint density at radius 2 is 2.12 bits per heavy atom. The fraction of sp³-hybridized carbons (Fsp3) is 0.364. The number of halogens is 3. The van der Waals surface area contributed by atoms with Crippen molar-refractivity contribution in [1.29, 1.82) is 0 Å². The van der Waals surface area contributed by atoms with Crippen LogP contribution in [0.2, 0.25) is 5.02 Å². The van der Waals surface area contributed by atoms with Gasteiger partial charge in [0.2, 0.25) is 0 Å². The largest absolute Gasteiger partial charge is 0.497 e. The molecule has 1 aromatic carbocycles. The lowest BCUT2D eigenvalue weighted by Gasteiger charge is -2.14. The quantitative estimate of drug-likeness (QED) is 0.911. The van der Waals surface area contributed by atoms with Crippen LogP contribution in [0.25, 0.3) is 0 Å². The SMILES string of the molecule is COc1ccc(C2(C(=O)O)CC2(F)F)c(Cl)c1. The van der Waals surface area contributed by atoms with E-state index in [0.717, 1.165) is 0 Å². The Morgan fingerprint density at radius 3 is 2.47 bits per heavy atom. The number of carboxylic acid groups (broad SMARTS) is 1. The van der Waals surface area contributed by atoms with Crippen LogP contribution in [0, 0.1) is 0 Å². The number of carbonyl (C=O) groups is 1. The van der Waals surface area contributed by atoms with Gasteiger partial charge in [0.15, 0.2) is 5.41 Å². The number of methoxy groups -OCH3 is 1. The molecular formula is C11H9ClF2O3. The van der Waals surface area contributed by atoms with Crippen molar-refractivity contribution in [2.24, 2.45) is 0 Å². The highest BCUT2D eigenvalue weighted by Crippen LogP contribution is 2.63. The Labute approximate surface area is 101 Å². The Balaban J connectivity index is 2.51. The van der Waals surface area contributed by atoms with Crippen LogP contribution in [0.5, 0.6) is 5.75 Å². The van der Waals surface area contributed by atoms with Gasteiger partial charge in [-0.1, -0.05) is 17.7 Å². The number of hydrogen-bond acceptors (Lipinski definition) is 2. The maximum Gasteiger partial charge on any atom is 0.320 e. The molecular weight excluding hydrogens is 254 g/mol. The van der Waals surface area contributed by atoms with E-state index in [0.29, 0.717) is 5.75 Å². The second kappa shape index (κ2) is 3.57. The first-order valence-electron chi connectivity index (χ1n) is 4.80. The Bertz CT molecular complexity index is 490. The third-order valence-corrected chi connectivity index (χ3v) is 3.30. The van der Waals surface area contributed by atoms with Crippen molar-refractivity contribution in [1.82, 2.24) is 0 Å². The molecule has 0 saturated heterocycles. The smallest absolute Gasteiger partial charge is 0.320 e. The van der Waals surface area contributed by atoms with Crippen molar-refractivity contribution in [3.8, 4) is 5.75 Å². The molecule has 0 bridgehead atoms. The van der Waals surface area contributed by atoms with Crippen LogP contribution in [0.15, 0.2) is 18.2 Å². The average molecular weight is 263 g/mol. The number of aliphatic carboxylic acids is 1. The van der Waals surface area contributed by atoms with Crippen LogP contribution in [0.4, 0.5) is 8.78 Å². The van der Waals surface area contributed by atoms with E-state index < -0.39 is 23.7 Å². The zero-order chi connectivity index (χ0) is 12.8. The summed E-state index contributed by atoms with van der Waals surface area (Å²) in [5.41, 5.74) is -2.26. The fourth-order valence-corrected chi connectivity index (χ4v) is 2.23. The summed E-state index contributed by atoms with van der Waals surface area (Å²) in [6, 6.07) is 4.02. The Kier molecular flexibility index (Phi) is 2.54. The molecule has 1 aliphatic rings. The summed E-state index contributed by atoms with van der Waals surface area (Å²) in [6.07, 6.45) is -0.721. The van der Waals surface area contributed by atoms with Crippen molar-refractivity contribution >= 4 is 17.6 Å². The van der Waals surface area contributed by atoms with Gasteiger partial charge in [-0.25, -0.2) is 8.78 Å². The minimum Gasteiger partial charge on any atom is -0.497 e. The maximum absolute atomic E-state index is 13.3. The van der Waals surface area contributed by atoms with Gasteiger partial charge in [0.25, 0.3) is 5.92 Å². The van der Waals surface area contributed by atoms with Crippen LogP contribution in [0.3, 0.4) is 0 Å². The minimum absolute atomic E-state index is 0.0241. The van der Waals surface area contributed by atoms with Crippen molar-refractivity contribution < 1.29 is 23.4 Å². The Hall–Kier alpha value is -1.36. The number of ether oxygens (including phenoxy) is 1. The van der Waals surface area contributed by atoms with E-state index in [1.54, 1.807) is 0 Å². The lowest BCUT2D eigenvalue weighted by atomic mass is 9.95. The topological polar surface area (TPSA) is 46.5 Å². The van der Waals surface area contributed by atoms with Crippen LogP contribution in [-0.2, 0) is 10.2 Å². The summed E-state index contributed by atoms with van der Waals surface area (Å²) in [5, 5.41) is 8.95. The molecule has 0 radical (unpaired) electrons. The first kappa shape index (κ1) is 12.1. The molecule has 92 valence electrons. The summed E-state index contributed by atoms with van der Waals surface area (Å²) in [7, 11) is 1.41. The van der Waals surface area contributed by atoms with Gasteiger partial charge in [0, 0.05) is 11.4 Å². The summed E-state index contributed by atoms with van der Waals surface area (Å²) < 4.78 is 31.4. The van der Waals surface area contributed by atoms with E-state index in [4.69, 9.17) is 21.4 Å². The van der Waals surface area contributed by atoms with E-state index in [2.05, 4.69) is 0 Å². The third-order valence-electron chi connectivity index (χ3n) is 2.99. The van der Waals surface area contributed by atoms with Gasteiger partial charge in [0.05, 0.1) is 7.11 Å². The lowest BCUT2D eigenvalue weighted by molar-refractivity contribution is -0.142. The summed E-state index contributed by atoms with van der Waals surface area (Å²) in [5.74, 6) is -4.42. The second-order valence-electron chi connectivity index (χ2n) is 3.94. The highest BCUT2D eigenvalue weighted by Gasteiger charge is 2.77. The summed E-state index contributed by atoms with van der Waals surface area (Å²) in [4.78, 5) is 11.0. The molecule has 0 amide bonds. The number of carboxylic acids is 1. The van der Waals surface area contributed by atoms with Crippen molar-refractivity contribution in [3.05, 3.63) is 28.8 Å². The molecule has 0 aliphatic heterocycles. The van der Waals surface area contributed by atoms with Crippen molar-refractivity contribution in [3.63, 3.8) is 0 Å². The predicted molar refractivity (Wildman–Crippen MR) is 56.9 cm³/mol. The lowest BCUT2D eigenvalue weighted by Crippen LogP contribution is -2.27. The molecule has 3 nitrogen and oxygen atoms in total. The maximum atomic E-state index is 13.3. The summed E-state index contributed by atoms with van der Waals surface area (Å²) >= 11 is 5.83. The molecule has 0 heterocycles. The average Bonchev–Trinajstić information content (AvgIpc) is 2.82. The Morgan fingerprint density at radius 1 is 1.53 bits per heavy atom. The van der Waals surface area contributed by atoms with Gasteiger partial charge < -0.3 is 9.84 Å². The molecule has 1 saturated carbocycles. The van der Waals surface area contributed by atoms with E-state index in [9.17, 15) is 13.6 Å². The van der Waals surface area contributed by atoms with Crippen LogP contribution >= 0.6 is 11.6 Å². The van der Waals surface area contributed by atoms with Crippen LogP contribution < -0.4 is 4.74 Å². The molecule has 0 spiro atoms. The molecule has 1 unspecified atom stereocenters. The molecule has 1 N–H and O–H groups in total. The second-order valence-corrected chi connectivity index (χ2v) is 4.34. The minimum atomic E-state index is -3.25. The number of rotatable bonds is 3. The van der Waals surface area contributed by atoms with E-state index in [-0.39, 0.29) is 10.6 Å². The van der Waals surface area contributed by atoms with E-state index >= 15 is 0 Å². The fourth-order valence-electron chi connectivity index (χ4n) is 1.90. The van der Waals surface area contributed by atoms with Crippen molar-refractivity contribution in [2.75, 3.05) is 7.11 Å². The highest BCUT2D eigenvalue weighted by atomic mass is 35.5. The molecule has 0 aromatic heterocycles. The number of alkyl halides is 2. The van der Waals surface area contributed by atoms with Gasteiger partial charge in [-0.15, -0.1) is 0 Å². The highest BCUT2D eigenvalue weighted by molar-refractivity contribution is 6.32. The molecule has 1 atom stereocenters. The normalized spacial score (nSPS) is 25.4. The standard InChI is InChI=1S/C11H9ClF2O3/c1-17-6-2-3-7(8(12)4-6)10(9(15)16)5-11(10,13)14/h2-4H,5H2,1H3,(H,15,16). The predicted octanol–water partition coefficient (Wildman–Crippen LogP) is 2.71. The van der Waals surface area contributed by atoms with E-state index in [1.165, 1.54) is 25.3 Å². The van der Waals surface area contributed by atoms with Gasteiger partial charge in [-0.2, -0.15) is 0 Å². The van der Waals surface area contributed by atoms with E-state index in [1.807, 2.05) is 0 Å². The van der Waals surface area contributed by atoms with Crippen LogP contribution in [0.1, 0.15) is 12.0 Å². The zero-order valence-electron chi connectivity index (χ0n) is 8.84. The first-order chi connectivity index (χ1) is 7.85. The molecule has 2 rings (SSSR count). The zero-order valence-corrected chi connectivity index (χ0v) is 9.59. The van der Waals surface area contributed by atoms with Gasteiger partial charge >= 0.3 is 5.97 Å². The van der Waals surface area contributed by atoms with Crippen molar-refractivity contribution in [2.45, 2.75) is 17.8 Å². The van der Waals surface area contributed by atoms with Crippen LogP contribution in [-0.4, -0.2) is 24.1 Å². The molecule has 1 aromatic rings. The van der Waals surface area contributed by atoms with Gasteiger partial charge in [-0.3, -0.25) is 4.79 Å². The number of hydrogen-bond donors (Lipinski definition) is 1. The molecule has 1 aliphatic carbocycles. The molecule has 17 heavy (non-hydrogen) atoms. The summed E-state index contributed by atoms with van der Waals surface area (Å²) in [6.45, 7) is 0. The first-order valence-corrected chi connectivity index (χ1v) is 5.18. The third kappa shape index (κ3) is 1.57. The van der Waals surface area contributed by atoms with Gasteiger partial charge in [-0.05, 0) is 17.7 Å². The molecule has 6 heteroatoms. The van der Waals surface area contributed by atoms with Gasteiger partial charge in [0.1, 0.15) is 5.75 Å².